The Labute approximate surface area is 90.3 Å². The first-order valence-electron chi connectivity index (χ1n) is 5.47. The molecule has 0 N–H and O–H groups in total. The number of halogens is 1. The summed E-state index contributed by atoms with van der Waals surface area (Å²) in [5.41, 5.74) is 2.34. The Morgan fingerprint density at radius 1 is 1.40 bits per heavy atom. The highest BCUT2D eigenvalue weighted by molar-refractivity contribution is 5.27. The number of rotatable bonds is 3. The van der Waals surface area contributed by atoms with Gasteiger partial charge in [0, 0.05) is 7.11 Å². The molecule has 0 radical (unpaired) electrons. The fraction of sp³-hybridized carbons (Fsp3) is 0.538. The molecule has 2 heteroatoms. The van der Waals surface area contributed by atoms with Crippen LogP contribution in [0.3, 0.4) is 0 Å². The van der Waals surface area contributed by atoms with Gasteiger partial charge in [-0.25, -0.2) is 4.39 Å². The van der Waals surface area contributed by atoms with Gasteiger partial charge in [0.25, 0.3) is 0 Å². The molecule has 0 aliphatic heterocycles. The maximum atomic E-state index is 13.0. The van der Waals surface area contributed by atoms with Gasteiger partial charge in [-0.15, -0.1) is 0 Å². The van der Waals surface area contributed by atoms with Crippen LogP contribution < -0.4 is 0 Å². The van der Waals surface area contributed by atoms with Crippen LogP contribution in [0.5, 0.6) is 0 Å². The second-order valence-corrected chi connectivity index (χ2v) is 4.47. The Kier molecular flexibility index (Phi) is 3.06. The van der Waals surface area contributed by atoms with Gasteiger partial charge in [0.15, 0.2) is 0 Å². The van der Waals surface area contributed by atoms with Gasteiger partial charge in [-0.1, -0.05) is 6.07 Å². The number of hydrogen-bond acceptors (Lipinski definition) is 1. The van der Waals surface area contributed by atoms with E-state index in [9.17, 15) is 4.39 Å². The summed E-state index contributed by atoms with van der Waals surface area (Å²) in [7, 11) is 1.76. The average Bonchev–Trinajstić information content (AvgIpc) is 2.16. The molecule has 1 nitrogen and oxygen atoms in total. The Hall–Kier alpha value is -0.890. The third-order valence-corrected chi connectivity index (χ3v) is 3.35. The molecule has 15 heavy (non-hydrogen) atoms. The third-order valence-electron chi connectivity index (χ3n) is 3.35. The first-order valence-corrected chi connectivity index (χ1v) is 5.47. The van der Waals surface area contributed by atoms with Crippen molar-refractivity contribution in [1.29, 1.82) is 0 Å². The maximum Gasteiger partial charge on any atom is 0.123 e. The van der Waals surface area contributed by atoms with E-state index in [0.717, 1.165) is 24.8 Å². The Morgan fingerprint density at radius 3 is 2.80 bits per heavy atom. The molecule has 0 aromatic heterocycles. The Morgan fingerprint density at radius 2 is 2.13 bits per heavy atom. The molecule has 0 saturated heterocycles. The number of benzene rings is 1. The van der Waals surface area contributed by atoms with Crippen molar-refractivity contribution in [3.05, 3.63) is 35.1 Å². The third kappa shape index (κ3) is 2.37. The summed E-state index contributed by atoms with van der Waals surface area (Å²) < 4.78 is 18.3. The smallest absolute Gasteiger partial charge is 0.123 e. The lowest BCUT2D eigenvalue weighted by atomic mass is 9.78. The van der Waals surface area contributed by atoms with Gasteiger partial charge in [0.2, 0.25) is 0 Å². The van der Waals surface area contributed by atoms with Gasteiger partial charge in [0.1, 0.15) is 5.82 Å². The van der Waals surface area contributed by atoms with E-state index in [1.807, 2.05) is 13.0 Å². The normalized spacial score (nSPS) is 25.0. The van der Waals surface area contributed by atoms with Crippen molar-refractivity contribution in [2.24, 2.45) is 5.92 Å². The quantitative estimate of drug-likeness (QED) is 0.741. The molecule has 0 spiro atoms. The summed E-state index contributed by atoms with van der Waals surface area (Å²) in [5.74, 6) is 0.550. The van der Waals surface area contributed by atoms with Crippen LogP contribution in [0.15, 0.2) is 18.2 Å². The highest BCUT2D eigenvalue weighted by atomic mass is 19.1. The number of methoxy groups -OCH3 is 1. The number of ether oxygens (including phenoxy) is 1. The predicted octanol–water partition coefficient (Wildman–Crippen LogP) is 3.10. The monoisotopic (exact) mass is 208 g/mol. The fourth-order valence-corrected chi connectivity index (χ4v) is 2.20. The molecule has 0 atom stereocenters. The minimum absolute atomic E-state index is 0.127. The Balaban J connectivity index is 1.97. The molecular formula is C13H17FO. The Bertz CT molecular complexity index is 342. The predicted molar refractivity (Wildman–Crippen MR) is 58.4 cm³/mol. The minimum atomic E-state index is -0.127. The number of hydrogen-bond donors (Lipinski definition) is 0. The van der Waals surface area contributed by atoms with Crippen molar-refractivity contribution in [1.82, 2.24) is 0 Å². The van der Waals surface area contributed by atoms with Crippen molar-refractivity contribution in [3.8, 4) is 0 Å². The maximum absolute atomic E-state index is 13.0. The topological polar surface area (TPSA) is 9.23 Å². The summed E-state index contributed by atoms with van der Waals surface area (Å²) in [6, 6.07) is 5.05. The standard InChI is InChI=1S/C13H17FO/c1-9-3-4-12(14)8-11(9)5-10-6-13(7-10)15-2/h3-4,8,10,13H,5-7H2,1-2H3. The molecule has 0 amide bonds. The highest BCUT2D eigenvalue weighted by Gasteiger charge is 2.29. The second-order valence-electron chi connectivity index (χ2n) is 4.47. The largest absolute Gasteiger partial charge is 0.381 e. The van der Waals surface area contributed by atoms with E-state index in [1.165, 1.54) is 11.6 Å². The molecule has 1 aliphatic carbocycles. The molecule has 2 rings (SSSR count). The van der Waals surface area contributed by atoms with Crippen LogP contribution in [0.25, 0.3) is 0 Å². The summed E-state index contributed by atoms with van der Waals surface area (Å²) in [6.45, 7) is 2.04. The van der Waals surface area contributed by atoms with Crippen LogP contribution in [0.2, 0.25) is 0 Å². The van der Waals surface area contributed by atoms with Crippen molar-refractivity contribution in [2.45, 2.75) is 32.3 Å². The molecule has 1 fully saturated rings. The van der Waals surface area contributed by atoms with Crippen molar-refractivity contribution < 1.29 is 9.13 Å². The SMILES string of the molecule is COC1CC(Cc2cc(F)ccc2C)C1. The summed E-state index contributed by atoms with van der Waals surface area (Å²) in [5, 5.41) is 0. The molecule has 82 valence electrons. The van der Waals surface area contributed by atoms with E-state index in [0.29, 0.717) is 12.0 Å². The summed E-state index contributed by atoms with van der Waals surface area (Å²) >= 11 is 0. The van der Waals surface area contributed by atoms with Gasteiger partial charge in [-0.2, -0.15) is 0 Å². The first-order chi connectivity index (χ1) is 7.19. The van der Waals surface area contributed by atoms with Gasteiger partial charge < -0.3 is 4.74 Å². The van der Waals surface area contributed by atoms with Crippen LogP contribution in [-0.2, 0) is 11.2 Å². The van der Waals surface area contributed by atoms with Crippen molar-refractivity contribution in [3.63, 3.8) is 0 Å². The van der Waals surface area contributed by atoms with E-state index in [2.05, 4.69) is 0 Å². The van der Waals surface area contributed by atoms with Gasteiger partial charge in [-0.05, 0) is 55.4 Å². The molecule has 1 saturated carbocycles. The van der Waals surface area contributed by atoms with Crippen molar-refractivity contribution in [2.75, 3.05) is 7.11 Å². The van der Waals surface area contributed by atoms with E-state index < -0.39 is 0 Å². The van der Waals surface area contributed by atoms with E-state index in [4.69, 9.17) is 4.74 Å². The zero-order valence-electron chi connectivity index (χ0n) is 9.29. The van der Waals surface area contributed by atoms with Crippen LogP contribution in [-0.4, -0.2) is 13.2 Å². The molecule has 1 aromatic carbocycles. The molecule has 1 aliphatic rings. The van der Waals surface area contributed by atoms with Gasteiger partial charge in [-0.3, -0.25) is 0 Å². The summed E-state index contributed by atoms with van der Waals surface area (Å²) in [4.78, 5) is 0. The van der Waals surface area contributed by atoms with Gasteiger partial charge in [0.05, 0.1) is 6.10 Å². The molecule has 0 heterocycles. The molecular weight excluding hydrogens is 191 g/mol. The van der Waals surface area contributed by atoms with E-state index >= 15 is 0 Å². The fourth-order valence-electron chi connectivity index (χ4n) is 2.20. The second kappa shape index (κ2) is 4.31. The zero-order valence-corrected chi connectivity index (χ0v) is 9.29. The average molecular weight is 208 g/mol. The lowest BCUT2D eigenvalue weighted by molar-refractivity contribution is 0.00139. The van der Waals surface area contributed by atoms with Crippen LogP contribution in [0.4, 0.5) is 4.39 Å². The zero-order chi connectivity index (χ0) is 10.8. The first kappa shape index (κ1) is 10.6. The van der Waals surface area contributed by atoms with E-state index in [1.54, 1.807) is 13.2 Å². The lowest BCUT2D eigenvalue weighted by Gasteiger charge is -2.34. The lowest BCUT2D eigenvalue weighted by Crippen LogP contribution is -2.31. The molecule has 1 aromatic rings. The minimum Gasteiger partial charge on any atom is -0.381 e. The summed E-state index contributed by atoms with van der Waals surface area (Å²) in [6.07, 6.45) is 3.66. The molecule has 0 unspecified atom stereocenters. The molecule has 0 bridgehead atoms. The highest BCUT2D eigenvalue weighted by Crippen LogP contribution is 2.33. The van der Waals surface area contributed by atoms with Gasteiger partial charge >= 0.3 is 0 Å². The van der Waals surface area contributed by atoms with Crippen LogP contribution in [0, 0.1) is 18.7 Å². The van der Waals surface area contributed by atoms with Crippen LogP contribution in [0.1, 0.15) is 24.0 Å². The van der Waals surface area contributed by atoms with Crippen LogP contribution >= 0.6 is 0 Å². The van der Waals surface area contributed by atoms with Crippen molar-refractivity contribution >= 4 is 0 Å². The number of aryl methyl sites for hydroxylation is 1. The van der Waals surface area contributed by atoms with E-state index in [-0.39, 0.29) is 5.82 Å².